The van der Waals surface area contributed by atoms with Gasteiger partial charge in [0, 0.05) is 11.6 Å². The van der Waals surface area contributed by atoms with Crippen molar-refractivity contribution in [1.29, 1.82) is 0 Å². The van der Waals surface area contributed by atoms with Crippen LogP contribution in [-0.2, 0) is 14.3 Å². The lowest BCUT2D eigenvalue weighted by Crippen LogP contribution is -2.43. The summed E-state index contributed by atoms with van der Waals surface area (Å²) in [6.07, 6.45) is 6.48. The Bertz CT molecular complexity index is 855. The van der Waals surface area contributed by atoms with Crippen LogP contribution in [0.1, 0.15) is 48.3 Å². The van der Waals surface area contributed by atoms with E-state index >= 15 is 0 Å². The van der Waals surface area contributed by atoms with Gasteiger partial charge in [0.05, 0.1) is 19.9 Å². The Morgan fingerprint density at radius 2 is 2.03 bits per heavy atom. The third-order valence-corrected chi connectivity index (χ3v) is 5.24. The zero-order valence-electron chi connectivity index (χ0n) is 17.6. The fraction of sp³-hybridized carbons (Fsp3) is 0.500. The molecule has 2 rings (SSSR count). The normalized spacial score (nSPS) is 19.5. The highest BCUT2D eigenvalue weighted by Crippen LogP contribution is 2.33. The van der Waals surface area contributed by atoms with Crippen LogP contribution in [-0.4, -0.2) is 53.4 Å². The van der Waals surface area contributed by atoms with Gasteiger partial charge in [0.25, 0.3) is 5.91 Å². The lowest BCUT2D eigenvalue weighted by atomic mass is 9.89. The molecule has 0 aromatic carbocycles. The molecule has 1 aliphatic carbocycles. The zero-order valence-corrected chi connectivity index (χ0v) is 18.4. The number of rotatable bonds is 6. The molecule has 1 aromatic heterocycles. The Balaban J connectivity index is 2.02. The molecule has 0 fully saturated rings. The van der Waals surface area contributed by atoms with Crippen LogP contribution >= 0.6 is 11.3 Å². The number of aliphatic hydroxyl groups excluding tert-OH is 1. The fourth-order valence-electron chi connectivity index (χ4n) is 2.73. The quantitative estimate of drug-likeness (QED) is 0.582. The van der Waals surface area contributed by atoms with Gasteiger partial charge in [-0.15, -0.1) is 11.3 Å². The SMILES string of the molecule is COC(=O)[C@H](CO)NC(=O)c1cnc(C2C=CC(NC(=O)OC(C)(C)C)=CC2C)s1. The Morgan fingerprint density at radius 1 is 1.33 bits per heavy atom. The number of esters is 1. The number of amides is 2. The van der Waals surface area contributed by atoms with Crippen LogP contribution < -0.4 is 10.6 Å². The second-order valence-corrected chi connectivity index (χ2v) is 8.85. The van der Waals surface area contributed by atoms with Crippen LogP contribution in [0.2, 0.25) is 0 Å². The van der Waals surface area contributed by atoms with Gasteiger partial charge in [0.2, 0.25) is 0 Å². The van der Waals surface area contributed by atoms with Crippen LogP contribution in [0.3, 0.4) is 0 Å². The molecule has 2 unspecified atom stereocenters. The summed E-state index contributed by atoms with van der Waals surface area (Å²) in [4.78, 5) is 40.5. The summed E-state index contributed by atoms with van der Waals surface area (Å²) in [5, 5.41) is 15.1. The summed E-state index contributed by atoms with van der Waals surface area (Å²) >= 11 is 1.20. The van der Waals surface area contributed by atoms with E-state index in [0.717, 1.165) is 5.01 Å². The summed E-state index contributed by atoms with van der Waals surface area (Å²) in [5.74, 6) is -1.30. The van der Waals surface area contributed by atoms with Crippen LogP contribution in [0.25, 0.3) is 0 Å². The molecule has 30 heavy (non-hydrogen) atoms. The summed E-state index contributed by atoms with van der Waals surface area (Å²) in [6.45, 7) is 6.79. The number of carbonyl (C=O) groups is 3. The minimum atomic E-state index is -1.13. The van der Waals surface area contributed by atoms with Crippen molar-refractivity contribution >= 4 is 29.3 Å². The van der Waals surface area contributed by atoms with Crippen LogP contribution in [0.5, 0.6) is 0 Å². The van der Waals surface area contributed by atoms with Crippen molar-refractivity contribution < 1.29 is 29.0 Å². The van der Waals surface area contributed by atoms with Gasteiger partial charge in [-0.1, -0.05) is 19.1 Å². The van der Waals surface area contributed by atoms with Gasteiger partial charge < -0.3 is 19.9 Å². The molecule has 1 aliphatic rings. The third-order valence-electron chi connectivity index (χ3n) is 4.14. The molecule has 2 amide bonds. The smallest absolute Gasteiger partial charge is 0.412 e. The highest BCUT2D eigenvalue weighted by atomic mass is 32.1. The summed E-state index contributed by atoms with van der Waals surface area (Å²) in [5.41, 5.74) is 0.0455. The molecule has 3 atom stereocenters. The molecule has 0 spiro atoms. The molecule has 0 aliphatic heterocycles. The first-order chi connectivity index (χ1) is 14.0. The fourth-order valence-corrected chi connectivity index (χ4v) is 3.75. The van der Waals surface area contributed by atoms with Crippen LogP contribution in [0.15, 0.2) is 30.1 Å². The predicted molar refractivity (Wildman–Crippen MR) is 111 cm³/mol. The second-order valence-electron chi connectivity index (χ2n) is 7.79. The van der Waals surface area contributed by atoms with E-state index in [1.165, 1.54) is 24.6 Å². The molecule has 3 N–H and O–H groups in total. The van der Waals surface area contributed by atoms with Gasteiger partial charge in [-0.3, -0.25) is 10.1 Å². The minimum absolute atomic E-state index is 0.0160. The number of carbonyl (C=O) groups excluding carboxylic acids is 3. The van der Waals surface area contributed by atoms with Gasteiger partial charge in [0.15, 0.2) is 6.04 Å². The van der Waals surface area contributed by atoms with Gasteiger partial charge >= 0.3 is 12.1 Å². The van der Waals surface area contributed by atoms with E-state index in [2.05, 4.69) is 20.4 Å². The molecule has 1 heterocycles. The first-order valence-electron chi connectivity index (χ1n) is 9.39. The molecule has 9 nitrogen and oxygen atoms in total. The maximum atomic E-state index is 12.3. The van der Waals surface area contributed by atoms with E-state index in [1.807, 2.05) is 19.1 Å². The molecular formula is C20H27N3O6S. The number of nitrogens with one attached hydrogen (secondary N) is 2. The number of allylic oxidation sites excluding steroid dienone is 3. The number of hydrogen-bond acceptors (Lipinski definition) is 8. The van der Waals surface area contributed by atoms with E-state index in [1.54, 1.807) is 26.8 Å². The Kier molecular flexibility index (Phi) is 7.74. The lowest BCUT2D eigenvalue weighted by molar-refractivity contribution is -0.143. The largest absolute Gasteiger partial charge is 0.467 e. The number of thiazole rings is 1. The summed E-state index contributed by atoms with van der Waals surface area (Å²) < 4.78 is 9.79. The van der Waals surface area contributed by atoms with E-state index < -0.39 is 36.2 Å². The third kappa shape index (κ3) is 6.39. The molecule has 0 saturated heterocycles. The topological polar surface area (TPSA) is 127 Å². The number of aromatic nitrogens is 1. The van der Waals surface area contributed by atoms with Crippen molar-refractivity contribution in [1.82, 2.24) is 15.6 Å². The minimum Gasteiger partial charge on any atom is -0.467 e. The molecule has 0 saturated carbocycles. The Hall–Kier alpha value is -2.72. The molecular weight excluding hydrogens is 410 g/mol. The van der Waals surface area contributed by atoms with Gasteiger partial charge in [0.1, 0.15) is 15.5 Å². The van der Waals surface area contributed by atoms with E-state index in [0.29, 0.717) is 10.6 Å². The molecule has 0 bridgehead atoms. The number of methoxy groups -OCH3 is 1. The highest BCUT2D eigenvalue weighted by Gasteiger charge is 2.26. The monoisotopic (exact) mass is 437 g/mol. The molecule has 164 valence electrons. The van der Waals surface area contributed by atoms with Crippen molar-refractivity contribution in [3.8, 4) is 0 Å². The number of hydrogen-bond donors (Lipinski definition) is 3. The van der Waals surface area contributed by atoms with E-state index in [4.69, 9.17) is 4.74 Å². The van der Waals surface area contributed by atoms with Crippen LogP contribution in [0, 0.1) is 5.92 Å². The maximum Gasteiger partial charge on any atom is 0.412 e. The lowest BCUT2D eigenvalue weighted by Gasteiger charge is -2.23. The average molecular weight is 438 g/mol. The summed E-state index contributed by atoms with van der Waals surface area (Å²) in [6, 6.07) is -1.13. The van der Waals surface area contributed by atoms with Crippen molar-refractivity contribution in [2.75, 3.05) is 13.7 Å². The second kappa shape index (κ2) is 9.86. The van der Waals surface area contributed by atoms with Crippen molar-refractivity contribution in [2.24, 2.45) is 5.92 Å². The van der Waals surface area contributed by atoms with E-state index in [9.17, 15) is 19.5 Å². The Morgan fingerprint density at radius 3 is 2.60 bits per heavy atom. The Labute approximate surface area is 179 Å². The molecule has 1 aromatic rings. The molecule has 10 heteroatoms. The number of ether oxygens (including phenoxy) is 2. The van der Waals surface area contributed by atoms with E-state index in [-0.39, 0.29) is 11.8 Å². The zero-order chi connectivity index (χ0) is 22.5. The van der Waals surface area contributed by atoms with Gasteiger partial charge in [-0.2, -0.15) is 0 Å². The number of alkyl carbamates (subject to hydrolysis) is 1. The first-order valence-corrected chi connectivity index (χ1v) is 10.2. The molecule has 0 radical (unpaired) electrons. The van der Waals surface area contributed by atoms with Gasteiger partial charge in [-0.05, 0) is 32.8 Å². The predicted octanol–water partition coefficient (Wildman–Crippen LogP) is 2.10. The van der Waals surface area contributed by atoms with Crippen molar-refractivity contribution in [3.05, 3.63) is 40.0 Å². The maximum absolute atomic E-state index is 12.3. The summed E-state index contributed by atoms with van der Waals surface area (Å²) in [7, 11) is 1.18. The van der Waals surface area contributed by atoms with Crippen molar-refractivity contribution in [2.45, 2.75) is 45.3 Å². The van der Waals surface area contributed by atoms with Crippen molar-refractivity contribution in [3.63, 3.8) is 0 Å². The standard InChI is InChI=1S/C20H27N3O6S/c1-11-8-12(22-19(27)29-20(2,3)4)6-7-13(11)17-21-9-15(30-17)16(25)23-14(10-24)18(26)28-5/h6-9,11,13-14,24H,10H2,1-5H3,(H,22,27)(H,23,25)/t11?,13?,14-/m0/s1. The number of nitrogens with zero attached hydrogens (tertiary/aromatic N) is 1. The highest BCUT2D eigenvalue weighted by molar-refractivity contribution is 7.13. The number of aliphatic hydroxyl groups is 1. The first kappa shape index (κ1) is 23.6. The van der Waals surface area contributed by atoms with Crippen LogP contribution in [0.4, 0.5) is 4.79 Å². The average Bonchev–Trinajstić information content (AvgIpc) is 3.13. The van der Waals surface area contributed by atoms with Gasteiger partial charge in [-0.25, -0.2) is 14.6 Å².